The molecule has 2 rings (SSSR count). The van der Waals surface area contributed by atoms with Gasteiger partial charge in [0.25, 0.3) is 5.91 Å². The van der Waals surface area contributed by atoms with E-state index >= 15 is 0 Å². The first-order valence-electron chi connectivity index (χ1n) is 7.58. The second-order valence-electron chi connectivity index (χ2n) is 5.39. The van der Waals surface area contributed by atoms with E-state index in [1.165, 1.54) is 0 Å². The van der Waals surface area contributed by atoms with Gasteiger partial charge >= 0.3 is 0 Å². The fourth-order valence-corrected chi connectivity index (χ4v) is 3.19. The van der Waals surface area contributed by atoms with Crippen LogP contribution in [-0.4, -0.2) is 63.9 Å². The van der Waals surface area contributed by atoms with Gasteiger partial charge in [0.15, 0.2) is 11.5 Å². The number of morpholine rings is 1. The number of hydrogen-bond acceptors (Lipinski definition) is 5. The minimum absolute atomic E-state index is 0.101. The van der Waals surface area contributed by atoms with Crippen molar-refractivity contribution in [3.05, 3.63) is 21.3 Å². The number of benzene rings is 1. The summed E-state index contributed by atoms with van der Waals surface area (Å²) >= 11 is 2.13. The molecule has 1 aromatic carbocycles. The van der Waals surface area contributed by atoms with Crippen molar-refractivity contribution in [1.29, 1.82) is 0 Å². The van der Waals surface area contributed by atoms with Crippen molar-refractivity contribution in [3.63, 3.8) is 0 Å². The van der Waals surface area contributed by atoms with E-state index in [9.17, 15) is 4.79 Å². The first-order valence-corrected chi connectivity index (χ1v) is 8.66. The Kier molecular flexibility index (Phi) is 6.91. The van der Waals surface area contributed by atoms with E-state index in [2.05, 4.69) is 39.7 Å². The Balaban J connectivity index is 2.00. The SMILES string of the molecule is COc1cc(I)c(C(=O)NCC(C)N2CCOCC2)cc1OC. The summed E-state index contributed by atoms with van der Waals surface area (Å²) in [6, 6.07) is 3.80. The molecule has 0 spiro atoms. The Morgan fingerprint density at radius 2 is 1.91 bits per heavy atom. The molecule has 1 saturated heterocycles. The molecule has 1 fully saturated rings. The number of methoxy groups -OCH3 is 2. The third-order valence-corrected chi connectivity index (χ3v) is 4.84. The number of carbonyl (C=O) groups is 1. The standard InChI is InChI=1S/C16H23IN2O4/c1-11(19-4-6-23-7-5-19)10-18-16(20)12-8-14(21-2)15(22-3)9-13(12)17/h8-9,11H,4-7,10H2,1-3H3,(H,18,20). The summed E-state index contributed by atoms with van der Waals surface area (Å²) in [5.41, 5.74) is 0.595. The lowest BCUT2D eigenvalue weighted by molar-refractivity contribution is 0.0204. The van der Waals surface area contributed by atoms with E-state index in [4.69, 9.17) is 14.2 Å². The van der Waals surface area contributed by atoms with Gasteiger partial charge in [0.1, 0.15) is 0 Å². The first-order chi connectivity index (χ1) is 11.1. The first kappa shape index (κ1) is 18.3. The number of nitrogens with zero attached hydrogens (tertiary/aromatic N) is 1. The predicted molar refractivity (Wildman–Crippen MR) is 96.5 cm³/mol. The molecule has 0 aliphatic carbocycles. The van der Waals surface area contributed by atoms with E-state index in [0.29, 0.717) is 23.6 Å². The number of amides is 1. The zero-order valence-electron chi connectivity index (χ0n) is 13.7. The summed E-state index contributed by atoms with van der Waals surface area (Å²) in [4.78, 5) is 14.8. The molecular formula is C16H23IN2O4. The van der Waals surface area contributed by atoms with Gasteiger partial charge in [-0.05, 0) is 41.6 Å². The average molecular weight is 434 g/mol. The summed E-state index contributed by atoms with van der Waals surface area (Å²) in [5, 5.41) is 3.00. The van der Waals surface area contributed by atoms with E-state index in [-0.39, 0.29) is 11.9 Å². The molecule has 0 radical (unpaired) electrons. The van der Waals surface area contributed by atoms with Crippen LogP contribution in [0.2, 0.25) is 0 Å². The molecule has 23 heavy (non-hydrogen) atoms. The highest BCUT2D eigenvalue weighted by molar-refractivity contribution is 14.1. The second kappa shape index (κ2) is 8.70. The minimum atomic E-state index is -0.101. The summed E-state index contributed by atoms with van der Waals surface area (Å²) in [7, 11) is 3.14. The van der Waals surface area contributed by atoms with Crippen LogP contribution in [0.3, 0.4) is 0 Å². The average Bonchev–Trinajstić information content (AvgIpc) is 2.59. The molecule has 0 aromatic heterocycles. The van der Waals surface area contributed by atoms with Gasteiger partial charge in [-0.25, -0.2) is 0 Å². The Morgan fingerprint density at radius 1 is 1.30 bits per heavy atom. The Bertz CT molecular complexity index is 547. The van der Waals surface area contributed by atoms with Gasteiger partial charge in [-0.1, -0.05) is 0 Å². The molecule has 1 amide bonds. The van der Waals surface area contributed by atoms with Crippen LogP contribution < -0.4 is 14.8 Å². The fourth-order valence-electron chi connectivity index (χ4n) is 2.51. The zero-order chi connectivity index (χ0) is 16.8. The highest BCUT2D eigenvalue weighted by Gasteiger charge is 2.19. The van der Waals surface area contributed by atoms with E-state index in [1.54, 1.807) is 26.4 Å². The summed E-state index contributed by atoms with van der Waals surface area (Å²) < 4.78 is 16.7. The topological polar surface area (TPSA) is 60.0 Å². The van der Waals surface area contributed by atoms with Crippen molar-refractivity contribution in [2.24, 2.45) is 0 Å². The monoisotopic (exact) mass is 434 g/mol. The van der Waals surface area contributed by atoms with Gasteiger partial charge < -0.3 is 19.5 Å². The summed E-state index contributed by atoms with van der Waals surface area (Å²) in [5.74, 6) is 1.07. The fraction of sp³-hybridized carbons (Fsp3) is 0.562. The van der Waals surface area contributed by atoms with Crippen molar-refractivity contribution in [3.8, 4) is 11.5 Å². The number of halogens is 1. The Morgan fingerprint density at radius 3 is 2.52 bits per heavy atom. The molecule has 0 bridgehead atoms. The highest BCUT2D eigenvalue weighted by Crippen LogP contribution is 2.31. The van der Waals surface area contributed by atoms with Crippen LogP contribution in [0.1, 0.15) is 17.3 Å². The molecule has 6 nitrogen and oxygen atoms in total. The van der Waals surface area contributed by atoms with Crippen molar-refractivity contribution < 1.29 is 19.0 Å². The molecule has 1 atom stereocenters. The number of carbonyl (C=O) groups excluding carboxylic acids is 1. The molecule has 1 aliphatic rings. The number of hydrogen-bond donors (Lipinski definition) is 1. The van der Waals surface area contributed by atoms with E-state index in [1.807, 2.05) is 0 Å². The van der Waals surface area contributed by atoms with Gasteiger partial charge in [-0.3, -0.25) is 9.69 Å². The third kappa shape index (κ3) is 4.71. The molecule has 7 heteroatoms. The highest BCUT2D eigenvalue weighted by atomic mass is 127. The van der Waals surface area contributed by atoms with Crippen molar-refractivity contribution in [2.45, 2.75) is 13.0 Å². The van der Waals surface area contributed by atoms with Gasteiger partial charge in [-0.2, -0.15) is 0 Å². The van der Waals surface area contributed by atoms with Crippen LogP contribution in [-0.2, 0) is 4.74 Å². The molecule has 1 N–H and O–H groups in total. The van der Waals surface area contributed by atoms with Gasteiger partial charge in [0, 0.05) is 29.2 Å². The maximum atomic E-state index is 12.5. The molecule has 1 unspecified atom stereocenters. The van der Waals surface area contributed by atoms with Crippen LogP contribution in [0.15, 0.2) is 12.1 Å². The molecule has 1 heterocycles. The number of nitrogens with one attached hydrogen (secondary N) is 1. The predicted octanol–water partition coefficient (Wildman–Crippen LogP) is 1.76. The van der Waals surface area contributed by atoms with Crippen LogP contribution in [0, 0.1) is 3.57 Å². The lowest BCUT2D eigenvalue weighted by Gasteiger charge is -2.32. The number of rotatable bonds is 6. The van der Waals surface area contributed by atoms with Crippen molar-refractivity contribution in [2.75, 3.05) is 47.1 Å². The normalized spacial score (nSPS) is 16.7. The third-order valence-electron chi connectivity index (χ3n) is 3.94. The largest absolute Gasteiger partial charge is 0.493 e. The smallest absolute Gasteiger partial charge is 0.252 e. The van der Waals surface area contributed by atoms with E-state index in [0.717, 1.165) is 29.9 Å². The van der Waals surface area contributed by atoms with Crippen LogP contribution >= 0.6 is 22.6 Å². The summed E-state index contributed by atoms with van der Waals surface area (Å²) in [6.07, 6.45) is 0. The molecule has 1 aliphatic heterocycles. The van der Waals surface area contributed by atoms with Gasteiger partial charge in [0.05, 0.1) is 33.0 Å². The molecular weight excluding hydrogens is 411 g/mol. The molecule has 128 valence electrons. The Hall–Kier alpha value is -1.06. The summed E-state index contributed by atoms with van der Waals surface area (Å²) in [6.45, 7) is 6.04. The second-order valence-corrected chi connectivity index (χ2v) is 6.56. The lowest BCUT2D eigenvalue weighted by Crippen LogP contribution is -2.47. The maximum absolute atomic E-state index is 12.5. The molecule has 0 saturated carbocycles. The van der Waals surface area contributed by atoms with Crippen molar-refractivity contribution in [1.82, 2.24) is 10.2 Å². The van der Waals surface area contributed by atoms with E-state index < -0.39 is 0 Å². The lowest BCUT2D eigenvalue weighted by atomic mass is 10.1. The van der Waals surface area contributed by atoms with Gasteiger partial charge in [0.2, 0.25) is 0 Å². The van der Waals surface area contributed by atoms with Crippen LogP contribution in [0.5, 0.6) is 11.5 Å². The maximum Gasteiger partial charge on any atom is 0.252 e. The van der Waals surface area contributed by atoms with Crippen LogP contribution in [0.25, 0.3) is 0 Å². The van der Waals surface area contributed by atoms with Crippen molar-refractivity contribution >= 4 is 28.5 Å². The molecule has 1 aromatic rings. The zero-order valence-corrected chi connectivity index (χ0v) is 15.9. The minimum Gasteiger partial charge on any atom is -0.493 e. The quantitative estimate of drug-likeness (QED) is 0.692. The van der Waals surface area contributed by atoms with Crippen LogP contribution in [0.4, 0.5) is 0 Å². The van der Waals surface area contributed by atoms with Gasteiger partial charge in [-0.15, -0.1) is 0 Å². The number of ether oxygens (including phenoxy) is 3. The Labute approximate surface area is 150 Å².